The normalized spacial score (nSPS) is 19.4. The van der Waals surface area contributed by atoms with Gasteiger partial charge in [-0.3, -0.25) is 0 Å². The van der Waals surface area contributed by atoms with Crippen molar-refractivity contribution in [3.63, 3.8) is 0 Å². The average molecular weight is 394 g/mol. The number of rotatable bonds is 4. The number of nitrogens with zero attached hydrogens (tertiary/aromatic N) is 4. The Morgan fingerprint density at radius 1 is 1.04 bits per heavy atom. The van der Waals surface area contributed by atoms with Gasteiger partial charge in [-0.25, -0.2) is 9.67 Å². The molecular weight excluding hydrogens is 369 g/mol. The van der Waals surface area contributed by atoms with Crippen LogP contribution in [0.3, 0.4) is 0 Å². The van der Waals surface area contributed by atoms with Gasteiger partial charge in [-0.15, -0.1) is 24.8 Å². The van der Waals surface area contributed by atoms with Crippen LogP contribution >= 0.6 is 24.8 Å². The van der Waals surface area contributed by atoms with Gasteiger partial charge in [-0.05, 0) is 49.9 Å². The highest BCUT2D eigenvalue weighted by Gasteiger charge is 2.25. The van der Waals surface area contributed by atoms with Crippen LogP contribution in [0.15, 0.2) is 55.0 Å². The van der Waals surface area contributed by atoms with E-state index in [0.29, 0.717) is 12.0 Å². The Labute approximate surface area is 166 Å². The van der Waals surface area contributed by atoms with E-state index in [1.54, 1.807) is 0 Å². The average Bonchev–Trinajstić information content (AvgIpc) is 3.31. The summed E-state index contributed by atoms with van der Waals surface area (Å²) in [6, 6.07) is 12.7. The Hall–Kier alpha value is -1.82. The molecule has 1 aliphatic rings. The predicted molar refractivity (Wildman–Crippen MR) is 109 cm³/mol. The van der Waals surface area contributed by atoms with Crippen molar-refractivity contribution in [1.29, 1.82) is 0 Å². The van der Waals surface area contributed by atoms with Crippen molar-refractivity contribution in [2.45, 2.75) is 31.7 Å². The molecule has 2 N–H and O–H groups in total. The van der Waals surface area contributed by atoms with Crippen LogP contribution in [0.1, 0.15) is 31.7 Å². The molecule has 140 valence electrons. The molecule has 1 saturated carbocycles. The van der Waals surface area contributed by atoms with Gasteiger partial charge >= 0.3 is 0 Å². The van der Waals surface area contributed by atoms with Crippen molar-refractivity contribution in [2.24, 2.45) is 11.7 Å². The minimum absolute atomic E-state index is 0. The van der Waals surface area contributed by atoms with E-state index in [-0.39, 0.29) is 24.8 Å². The van der Waals surface area contributed by atoms with Crippen LogP contribution in [-0.4, -0.2) is 25.9 Å². The Kier molecular flexibility index (Phi) is 7.26. The van der Waals surface area contributed by atoms with E-state index in [1.165, 1.54) is 19.3 Å². The maximum Gasteiger partial charge on any atom is 0.159 e. The van der Waals surface area contributed by atoms with Gasteiger partial charge in [0.15, 0.2) is 5.82 Å². The number of hydrogen-bond donors (Lipinski definition) is 1. The largest absolute Gasteiger partial charge is 0.330 e. The van der Waals surface area contributed by atoms with E-state index < -0.39 is 0 Å². The molecule has 0 radical (unpaired) electrons. The minimum Gasteiger partial charge on any atom is -0.330 e. The van der Waals surface area contributed by atoms with Gasteiger partial charge in [-0.1, -0.05) is 24.6 Å². The highest BCUT2D eigenvalue weighted by atomic mass is 35.5. The minimum atomic E-state index is 0. The summed E-state index contributed by atoms with van der Waals surface area (Å²) in [5.74, 6) is 1.61. The number of para-hydroxylation sites is 1. The fourth-order valence-corrected chi connectivity index (χ4v) is 3.78. The summed E-state index contributed by atoms with van der Waals surface area (Å²) in [6.07, 6.45) is 10.6. The first-order valence-electron chi connectivity index (χ1n) is 8.69. The zero-order valence-electron chi connectivity index (χ0n) is 14.6. The number of imidazole rings is 1. The molecule has 0 amide bonds. The Bertz CT molecular complexity index is 799. The number of aromatic nitrogens is 4. The first-order chi connectivity index (χ1) is 11.9. The predicted octanol–water partition coefficient (Wildman–Crippen LogP) is 4.27. The van der Waals surface area contributed by atoms with E-state index in [0.717, 1.165) is 30.2 Å². The summed E-state index contributed by atoms with van der Waals surface area (Å²) in [5.41, 5.74) is 7.99. The zero-order valence-corrected chi connectivity index (χ0v) is 16.2. The lowest BCUT2D eigenvalue weighted by molar-refractivity contribution is 0.273. The van der Waals surface area contributed by atoms with Gasteiger partial charge in [0, 0.05) is 18.4 Å². The zero-order chi connectivity index (χ0) is 16.4. The molecule has 2 atom stereocenters. The molecule has 1 fully saturated rings. The quantitative estimate of drug-likeness (QED) is 0.719. The third kappa shape index (κ3) is 3.95. The smallest absolute Gasteiger partial charge is 0.159 e. The van der Waals surface area contributed by atoms with Gasteiger partial charge in [0.05, 0.1) is 11.9 Å². The van der Waals surface area contributed by atoms with E-state index in [1.807, 2.05) is 41.3 Å². The Morgan fingerprint density at radius 2 is 1.85 bits per heavy atom. The SMILES string of the molecule is Cl.Cl.NC[C@H]1CCC[C@@H](n2ccnc2-c2ccnn2-c2ccccc2)C1. The second kappa shape index (κ2) is 9.21. The van der Waals surface area contributed by atoms with Crippen LogP contribution in [0.2, 0.25) is 0 Å². The van der Waals surface area contributed by atoms with Gasteiger partial charge < -0.3 is 10.3 Å². The fraction of sp³-hybridized carbons (Fsp3) is 0.368. The highest BCUT2D eigenvalue weighted by Crippen LogP contribution is 2.35. The second-order valence-electron chi connectivity index (χ2n) is 6.54. The van der Waals surface area contributed by atoms with Crippen LogP contribution in [0, 0.1) is 5.92 Å². The summed E-state index contributed by atoms with van der Waals surface area (Å²) in [6.45, 7) is 0.780. The van der Waals surface area contributed by atoms with Crippen molar-refractivity contribution < 1.29 is 0 Å². The summed E-state index contributed by atoms with van der Waals surface area (Å²) < 4.78 is 4.28. The standard InChI is InChI=1S/C19H23N5.2ClH/c20-14-15-5-4-8-17(13-15)23-12-11-21-19(23)18-9-10-22-24(18)16-6-2-1-3-7-16;;/h1-3,6-7,9-12,15,17H,4-5,8,13-14,20H2;2*1H/t15-,17+;;/m0../s1. The molecule has 0 bridgehead atoms. The van der Waals surface area contributed by atoms with Gasteiger partial charge in [-0.2, -0.15) is 5.10 Å². The first kappa shape index (κ1) is 20.5. The van der Waals surface area contributed by atoms with Gasteiger partial charge in [0.25, 0.3) is 0 Å². The number of hydrogen-bond acceptors (Lipinski definition) is 3. The Morgan fingerprint density at radius 3 is 2.62 bits per heavy atom. The van der Waals surface area contributed by atoms with Crippen LogP contribution in [0.25, 0.3) is 17.2 Å². The lowest BCUT2D eigenvalue weighted by Crippen LogP contribution is -2.24. The molecule has 0 saturated heterocycles. The molecule has 1 aliphatic carbocycles. The molecule has 0 aliphatic heterocycles. The molecule has 2 heterocycles. The molecular formula is C19H25Cl2N5. The summed E-state index contributed by atoms with van der Waals surface area (Å²) in [5, 5.41) is 4.50. The molecule has 4 rings (SSSR count). The molecule has 5 nitrogen and oxygen atoms in total. The van der Waals surface area contributed by atoms with E-state index >= 15 is 0 Å². The molecule has 0 spiro atoms. The number of nitrogens with two attached hydrogens (primary N) is 1. The van der Waals surface area contributed by atoms with Crippen molar-refractivity contribution in [1.82, 2.24) is 19.3 Å². The number of benzene rings is 1. The van der Waals surface area contributed by atoms with Crippen molar-refractivity contribution in [3.8, 4) is 17.2 Å². The molecule has 0 unspecified atom stereocenters. The van der Waals surface area contributed by atoms with Crippen LogP contribution in [-0.2, 0) is 0 Å². The summed E-state index contributed by atoms with van der Waals surface area (Å²) in [4.78, 5) is 4.64. The monoisotopic (exact) mass is 393 g/mol. The fourth-order valence-electron chi connectivity index (χ4n) is 3.78. The lowest BCUT2D eigenvalue weighted by atomic mass is 9.85. The second-order valence-corrected chi connectivity index (χ2v) is 6.54. The summed E-state index contributed by atoms with van der Waals surface area (Å²) in [7, 11) is 0. The third-order valence-electron chi connectivity index (χ3n) is 5.02. The van der Waals surface area contributed by atoms with Crippen molar-refractivity contribution in [2.75, 3.05) is 6.54 Å². The maximum absolute atomic E-state index is 5.91. The van der Waals surface area contributed by atoms with Crippen LogP contribution < -0.4 is 5.73 Å². The van der Waals surface area contributed by atoms with Gasteiger partial charge in [0.2, 0.25) is 0 Å². The first-order valence-corrected chi connectivity index (χ1v) is 8.69. The molecule has 26 heavy (non-hydrogen) atoms. The van der Waals surface area contributed by atoms with Crippen LogP contribution in [0.4, 0.5) is 0 Å². The molecule has 1 aromatic carbocycles. The van der Waals surface area contributed by atoms with Crippen molar-refractivity contribution >= 4 is 24.8 Å². The Balaban J connectivity index is 0.00000121. The van der Waals surface area contributed by atoms with E-state index in [4.69, 9.17) is 5.73 Å². The lowest BCUT2D eigenvalue weighted by Gasteiger charge is -2.30. The van der Waals surface area contributed by atoms with Crippen molar-refractivity contribution in [3.05, 3.63) is 55.0 Å². The van der Waals surface area contributed by atoms with E-state index in [2.05, 4.69) is 33.0 Å². The van der Waals surface area contributed by atoms with Crippen LogP contribution in [0.5, 0.6) is 0 Å². The topological polar surface area (TPSA) is 61.7 Å². The highest BCUT2D eigenvalue weighted by molar-refractivity contribution is 5.85. The molecule has 2 aromatic heterocycles. The number of halogens is 2. The van der Waals surface area contributed by atoms with E-state index in [9.17, 15) is 0 Å². The maximum atomic E-state index is 5.91. The summed E-state index contributed by atoms with van der Waals surface area (Å²) >= 11 is 0. The molecule has 7 heteroatoms. The van der Waals surface area contributed by atoms with Gasteiger partial charge in [0.1, 0.15) is 5.69 Å². The third-order valence-corrected chi connectivity index (χ3v) is 5.02. The molecule has 3 aromatic rings.